The molecule has 0 unspecified atom stereocenters. The lowest BCUT2D eigenvalue weighted by Gasteiger charge is -2.31. The Morgan fingerprint density at radius 1 is 1.06 bits per heavy atom. The molecule has 0 aromatic heterocycles. The van der Waals surface area contributed by atoms with Gasteiger partial charge in [0.05, 0.1) is 6.61 Å². The normalized spacial score (nSPS) is 11.6. The van der Waals surface area contributed by atoms with E-state index >= 15 is 0 Å². The summed E-state index contributed by atoms with van der Waals surface area (Å²) in [6, 6.07) is 8.33. The van der Waals surface area contributed by atoms with Crippen LogP contribution in [0.5, 0.6) is 5.75 Å². The van der Waals surface area contributed by atoms with Crippen LogP contribution >= 0.6 is 15.9 Å². The number of ether oxygens (including phenoxy) is 1. The molecule has 0 N–H and O–H groups in total. The molecule has 0 heterocycles. The lowest BCUT2D eigenvalue weighted by Crippen LogP contribution is -2.30. The van der Waals surface area contributed by atoms with Crippen LogP contribution in [0.4, 0.5) is 0 Å². The number of alkyl halides is 1. The third kappa shape index (κ3) is 4.64. The molecule has 1 nitrogen and oxygen atoms in total. The van der Waals surface area contributed by atoms with Gasteiger partial charge in [-0.05, 0) is 31.9 Å². The van der Waals surface area contributed by atoms with E-state index in [4.69, 9.17) is 4.74 Å². The first-order valence-corrected chi connectivity index (χ1v) is 8.03. The molecule has 0 fully saturated rings. The summed E-state index contributed by atoms with van der Waals surface area (Å²) in [6.07, 6.45) is 4.86. The Balaban J connectivity index is 2.63. The second-order valence-corrected chi connectivity index (χ2v) is 5.80. The molecule has 1 aromatic carbocycles. The average molecular weight is 313 g/mol. The maximum Gasteiger partial charge on any atom is 0.119 e. The lowest BCUT2D eigenvalue weighted by atomic mass is 9.82. The Morgan fingerprint density at radius 3 is 2.06 bits per heavy atom. The summed E-state index contributed by atoms with van der Waals surface area (Å²) >= 11 is 3.68. The maximum absolute atomic E-state index is 5.99. The number of hydrogen-bond donors (Lipinski definition) is 0. The van der Waals surface area contributed by atoms with E-state index in [0.717, 1.165) is 17.7 Å². The predicted molar refractivity (Wildman–Crippen MR) is 82.7 cm³/mol. The monoisotopic (exact) mass is 312 g/mol. The molecule has 0 spiro atoms. The standard InChI is InChI=1S/C16H25BrO/c1-4-10-16(12-17,11-5-2)13-18-15-8-6-14(3)7-9-15/h6-9H,4-5,10-13H2,1-3H3. The fourth-order valence-electron chi connectivity index (χ4n) is 2.37. The van der Waals surface area contributed by atoms with E-state index in [0.29, 0.717) is 0 Å². The first-order valence-electron chi connectivity index (χ1n) is 6.91. The van der Waals surface area contributed by atoms with Gasteiger partial charge < -0.3 is 4.74 Å². The minimum Gasteiger partial charge on any atom is -0.493 e. The highest BCUT2D eigenvalue weighted by molar-refractivity contribution is 9.09. The molecule has 2 heteroatoms. The first kappa shape index (κ1) is 15.6. The van der Waals surface area contributed by atoms with Crippen LogP contribution in [0, 0.1) is 12.3 Å². The zero-order valence-corrected chi connectivity index (χ0v) is 13.4. The van der Waals surface area contributed by atoms with Crippen molar-refractivity contribution in [3.05, 3.63) is 29.8 Å². The molecule has 18 heavy (non-hydrogen) atoms. The highest BCUT2D eigenvalue weighted by Crippen LogP contribution is 2.33. The van der Waals surface area contributed by atoms with Gasteiger partial charge in [0.1, 0.15) is 5.75 Å². The third-order valence-electron chi connectivity index (χ3n) is 3.41. The van der Waals surface area contributed by atoms with Crippen LogP contribution < -0.4 is 4.74 Å². The highest BCUT2D eigenvalue weighted by Gasteiger charge is 2.28. The van der Waals surface area contributed by atoms with E-state index in [2.05, 4.69) is 61.0 Å². The topological polar surface area (TPSA) is 9.23 Å². The van der Waals surface area contributed by atoms with Gasteiger partial charge in [0.15, 0.2) is 0 Å². The number of halogens is 1. The zero-order valence-electron chi connectivity index (χ0n) is 11.8. The summed E-state index contributed by atoms with van der Waals surface area (Å²) in [5, 5.41) is 1.02. The SMILES string of the molecule is CCCC(CBr)(CCC)COc1ccc(C)cc1. The Morgan fingerprint density at radius 2 is 1.61 bits per heavy atom. The highest BCUT2D eigenvalue weighted by atomic mass is 79.9. The van der Waals surface area contributed by atoms with Gasteiger partial charge in [-0.15, -0.1) is 0 Å². The van der Waals surface area contributed by atoms with Crippen molar-refractivity contribution in [3.63, 3.8) is 0 Å². The van der Waals surface area contributed by atoms with Crippen LogP contribution in [0.25, 0.3) is 0 Å². The summed E-state index contributed by atoms with van der Waals surface area (Å²) in [4.78, 5) is 0. The third-order valence-corrected chi connectivity index (χ3v) is 4.60. The quantitative estimate of drug-likeness (QED) is 0.587. The molecule has 0 atom stereocenters. The van der Waals surface area contributed by atoms with Crippen molar-refractivity contribution in [2.45, 2.75) is 46.5 Å². The van der Waals surface area contributed by atoms with Crippen molar-refractivity contribution >= 4 is 15.9 Å². The molecule has 0 saturated carbocycles. The van der Waals surface area contributed by atoms with Crippen molar-refractivity contribution in [1.82, 2.24) is 0 Å². The Kier molecular flexibility index (Phi) is 6.77. The van der Waals surface area contributed by atoms with E-state index in [1.807, 2.05) is 0 Å². The van der Waals surface area contributed by atoms with E-state index in [-0.39, 0.29) is 5.41 Å². The van der Waals surface area contributed by atoms with E-state index < -0.39 is 0 Å². The molecule has 0 bridgehead atoms. The molecule has 102 valence electrons. The largest absolute Gasteiger partial charge is 0.493 e. The number of hydrogen-bond acceptors (Lipinski definition) is 1. The number of rotatable bonds is 8. The predicted octanol–water partition coefficient (Wildman–Crippen LogP) is 5.36. The van der Waals surface area contributed by atoms with Crippen LogP contribution in [0.1, 0.15) is 45.1 Å². The smallest absolute Gasteiger partial charge is 0.119 e. The summed E-state index contributed by atoms with van der Waals surface area (Å²) in [6.45, 7) is 7.40. The van der Waals surface area contributed by atoms with Crippen LogP contribution in [0.15, 0.2) is 24.3 Å². The maximum atomic E-state index is 5.99. The molecule has 0 amide bonds. The molecule has 1 rings (SSSR count). The lowest BCUT2D eigenvalue weighted by molar-refractivity contribution is 0.144. The van der Waals surface area contributed by atoms with Crippen LogP contribution in [-0.2, 0) is 0 Å². The molecule has 0 saturated heterocycles. The van der Waals surface area contributed by atoms with E-state index in [1.54, 1.807) is 0 Å². The van der Waals surface area contributed by atoms with Gasteiger partial charge in [-0.3, -0.25) is 0 Å². The summed E-state index contributed by atoms with van der Waals surface area (Å²) in [7, 11) is 0. The molecular formula is C16H25BrO. The van der Waals surface area contributed by atoms with Gasteiger partial charge in [-0.1, -0.05) is 60.3 Å². The first-order chi connectivity index (χ1) is 8.65. The second kappa shape index (κ2) is 7.83. The van der Waals surface area contributed by atoms with Gasteiger partial charge in [-0.2, -0.15) is 0 Å². The molecular weight excluding hydrogens is 288 g/mol. The van der Waals surface area contributed by atoms with Crippen molar-refractivity contribution < 1.29 is 4.74 Å². The van der Waals surface area contributed by atoms with Gasteiger partial charge in [0, 0.05) is 10.7 Å². The Bertz CT molecular complexity index is 325. The average Bonchev–Trinajstić information content (AvgIpc) is 2.38. The van der Waals surface area contributed by atoms with Crippen molar-refractivity contribution in [3.8, 4) is 5.75 Å². The Hall–Kier alpha value is -0.500. The van der Waals surface area contributed by atoms with Gasteiger partial charge in [0.25, 0.3) is 0 Å². The van der Waals surface area contributed by atoms with Gasteiger partial charge in [0.2, 0.25) is 0 Å². The molecule has 0 aliphatic rings. The van der Waals surface area contributed by atoms with Crippen LogP contribution in [0.2, 0.25) is 0 Å². The molecule has 1 aromatic rings. The molecule has 0 radical (unpaired) electrons. The fraction of sp³-hybridized carbons (Fsp3) is 0.625. The van der Waals surface area contributed by atoms with Gasteiger partial charge in [-0.25, -0.2) is 0 Å². The summed E-state index contributed by atoms with van der Waals surface area (Å²) in [5.74, 6) is 0.984. The fourth-order valence-corrected chi connectivity index (χ4v) is 3.10. The van der Waals surface area contributed by atoms with Crippen molar-refractivity contribution in [1.29, 1.82) is 0 Å². The van der Waals surface area contributed by atoms with Crippen molar-refractivity contribution in [2.24, 2.45) is 5.41 Å². The zero-order chi connectivity index (χ0) is 13.4. The van der Waals surface area contributed by atoms with E-state index in [1.165, 1.54) is 31.2 Å². The van der Waals surface area contributed by atoms with Crippen LogP contribution in [0.3, 0.4) is 0 Å². The Labute approximate surface area is 120 Å². The van der Waals surface area contributed by atoms with Crippen molar-refractivity contribution in [2.75, 3.05) is 11.9 Å². The summed E-state index contributed by atoms with van der Waals surface area (Å²) in [5.41, 5.74) is 1.56. The number of aryl methyl sites for hydroxylation is 1. The molecule has 0 aliphatic carbocycles. The minimum atomic E-state index is 0.286. The summed E-state index contributed by atoms with van der Waals surface area (Å²) < 4.78 is 5.99. The number of benzene rings is 1. The van der Waals surface area contributed by atoms with E-state index in [9.17, 15) is 0 Å². The van der Waals surface area contributed by atoms with Gasteiger partial charge >= 0.3 is 0 Å². The van der Waals surface area contributed by atoms with Crippen LogP contribution in [-0.4, -0.2) is 11.9 Å². The molecule has 0 aliphatic heterocycles. The minimum absolute atomic E-state index is 0.286. The second-order valence-electron chi connectivity index (χ2n) is 5.24.